The third-order valence-electron chi connectivity index (χ3n) is 3.37. The third kappa shape index (κ3) is 5.68. The van der Waals surface area contributed by atoms with E-state index in [0.29, 0.717) is 0 Å². The van der Waals surface area contributed by atoms with Gasteiger partial charge in [-0.15, -0.1) is 4.72 Å². The fourth-order valence-corrected chi connectivity index (χ4v) is 2.78. The summed E-state index contributed by atoms with van der Waals surface area (Å²) in [5.41, 5.74) is -0.464. The van der Waals surface area contributed by atoms with Crippen molar-refractivity contribution in [1.29, 1.82) is 0 Å². The first-order valence-electron chi connectivity index (χ1n) is 7.29. The first-order chi connectivity index (χ1) is 10.9. The van der Waals surface area contributed by atoms with Gasteiger partial charge in [-0.1, -0.05) is 12.1 Å². The number of halogens is 3. The summed E-state index contributed by atoms with van der Waals surface area (Å²) in [4.78, 5) is 11.6. The van der Waals surface area contributed by atoms with E-state index in [1.807, 2.05) is 0 Å². The highest BCUT2D eigenvalue weighted by Crippen LogP contribution is 2.34. The van der Waals surface area contributed by atoms with Crippen molar-refractivity contribution in [2.24, 2.45) is 0 Å². The van der Waals surface area contributed by atoms with Gasteiger partial charge in [0.2, 0.25) is 0 Å². The van der Waals surface area contributed by atoms with Crippen molar-refractivity contribution in [2.45, 2.75) is 51.1 Å². The molecule has 0 spiro atoms. The second-order valence-corrected chi connectivity index (χ2v) is 8.40. The van der Waals surface area contributed by atoms with Crippen LogP contribution in [0.3, 0.4) is 0 Å². The first kappa shape index (κ1) is 20.8. The SMILES string of the molecule is COC(=O)C[C@H](N[S+]([O-])C(C)(C)C)c1ccc(C)c(C(F)(F)F)c1. The minimum Gasteiger partial charge on any atom is -0.598 e. The molecule has 1 aromatic rings. The monoisotopic (exact) mass is 365 g/mol. The highest BCUT2D eigenvalue weighted by molar-refractivity contribution is 7.90. The van der Waals surface area contributed by atoms with Gasteiger partial charge in [0.15, 0.2) is 0 Å². The minimum atomic E-state index is -4.50. The Kier molecular flexibility index (Phi) is 6.72. The van der Waals surface area contributed by atoms with E-state index in [4.69, 9.17) is 0 Å². The Morgan fingerprint density at radius 3 is 2.38 bits per heavy atom. The molecule has 1 rings (SSSR count). The predicted octanol–water partition coefficient (Wildman–Crippen LogP) is 3.67. The summed E-state index contributed by atoms with van der Waals surface area (Å²) in [7, 11) is 1.19. The lowest BCUT2D eigenvalue weighted by Crippen LogP contribution is -2.42. The van der Waals surface area contributed by atoms with Crippen LogP contribution in [0.25, 0.3) is 0 Å². The van der Waals surface area contributed by atoms with Crippen LogP contribution in [0.15, 0.2) is 18.2 Å². The Morgan fingerprint density at radius 1 is 1.33 bits per heavy atom. The quantitative estimate of drug-likeness (QED) is 0.639. The Morgan fingerprint density at radius 2 is 1.92 bits per heavy atom. The molecule has 8 heteroatoms. The lowest BCUT2D eigenvalue weighted by molar-refractivity contribution is -0.141. The van der Waals surface area contributed by atoms with Crippen LogP contribution >= 0.6 is 0 Å². The van der Waals surface area contributed by atoms with Crippen molar-refractivity contribution in [2.75, 3.05) is 7.11 Å². The number of methoxy groups -OCH3 is 1. The number of benzene rings is 1. The number of nitrogens with one attached hydrogen (secondary N) is 1. The molecule has 1 unspecified atom stereocenters. The second kappa shape index (κ2) is 7.76. The van der Waals surface area contributed by atoms with Gasteiger partial charge in [-0.2, -0.15) is 13.2 Å². The Bertz CT molecular complexity index is 585. The van der Waals surface area contributed by atoms with Gasteiger partial charge >= 0.3 is 12.1 Å². The molecule has 0 saturated heterocycles. The maximum atomic E-state index is 13.1. The highest BCUT2D eigenvalue weighted by Gasteiger charge is 2.35. The molecule has 136 valence electrons. The van der Waals surface area contributed by atoms with Gasteiger partial charge in [0.1, 0.15) is 4.75 Å². The number of esters is 1. The molecule has 0 amide bonds. The van der Waals surface area contributed by atoms with Crippen molar-refractivity contribution in [1.82, 2.24) is 4.72 Å². The van der Waals surface area contributed by atoms with Crippen LogP contribution in [0.1, 0.15) is 49.9 Å². The van der Waals surface area contributed by atoms with E-state index in [2.05, 4.69) is 9.46 Å². The topological polar surface area (TPSA) is 61.4 Å². The number of carbonyl (C=O) groups is 1. The second-order valence-electron chi connectivity index (χ2n) is 6.40. The Balaban J connectivity index is 3.22. The molecule has 0 aliphatic heterocycles. The summed E-state index contributed by atoms with van der Waals surface area (Å²) in [6.45, 7) is 6.54. The minimum absolute atomic E-state index is 0.0833. The Hall–Kier alpha value is -1.25. The van der Waals surface area contributed by atoms with Crippen molar-refractivity contribution in [3.8, 4) is 0 Å². The lowest BCUT2D eigenvalue weighted by atomic mass is 9.98. The first-order valence-corrected chi connectivity index (χ1v) is 8.44. The van der Waals surface area contributed by atoms with Crippen LogP contribution in [-0.4, -0.2) is 22.4 Å². The van der Waals surface area contributed by atoms with Gasteiger partial charge in [0.25, 0.3) is 0 Å². The average Bonchev–Trinajstić information content (AvgIpc) is 2.44. The van der Waals surface area contributed by atoms with E-state index in [9.17, 15) is 22.5 Å². The highest BCUT2D eigenvalue weighted by atomic mass is 32.2. The largest absolute Gasteiger partial charge is 0.598 e. The van der Waals surface area contributed by atoms with Gasteiger partial charge in [0.05, 0.1) is 25.1 Å². The van der Waals surface area contributed by atoms with Crippen LogP contribution in [0, 0.1) is 6.92 Å². The Labute approximate surface area is 143 Å². The van der Waals surface area contributed by atoms with Crippen molar-refractivity contribution < 1.29 is 27.3 Å². The van der Waals surface area contributed by atoms with E-state index in [1.165, 1.54) is 26.2 Å². The van der Waals surface area contributed by atoms with Crippen LogP contribution < -0.4 is 4.72 Å². The van der Waals surface area contributed by atoms with Gasteiger partial charge in [0, 0.05) is 11.4 Å². The normalized spacial score (nSPS) is 15.0. The molecule has 0 aliphatic carbocycles. The molecule has 0 fully saturated rings. The summed E-state index contributed by atoms with van der Waals surface area (Å²) >= 11 is -1.56. The van der Waals surface area contributed by atoms with E-state index in [1.54, 1.807) is 20.8 Å². The fourth-order valence-electron chi connectivity index (χ4n) is 1.95. The maximum Gasteiger partial charge on any atom is 0.416 e. The average molecular weight is 365 g/mol. The van der Waals surface area contributed by atoms with Crippen molar-refractivity contribution in [3.05, 3.63) is 34.9 Å². The lowest BCUT2D eigenvalue weighted by Gasteiger charge is -2.28. The molecule has 4 nitrogen and oxygen atoms in total. The molecule has 0 heterocycles. The van der Waals surface area contributed by atoms with Gasteiger partial charge in [-0.25, -0.2) is 0 Å². The molecule has 0 aromatic heterocycles. The fraction of sp³-hybridized carbons (Fsp3) is 0.562. The smallest absolute Gasteiger partial charge is 0.416 e. The maximum absolute atomic E-state index is 13.1. The number of alkyl halides is 3. The van der Waals surface area contributed by atoms with Crippen LogP contribution in [-0.2, 0) is 27.1 Å². The standard InChI is InChI=1S/C16H22F3NO3S/c1-10-6-7-11(8-12(10)16(17,18)19)13(9-14(21)23-5)20-24(22)15(2,3)4/h6-8,13,20H,9H2,1-5H3/t13-,24?/m0/s1. The molecule has 0 bridgehead atoms. The number of hydrogen-bond donors (Lipinski definition) is 1. The zero-order valence-electron chi connectivity index (χ0n) is 14.3. The van der Waals surface area contributed by atoms with E-state index >= 15 is 0 Å². The summed E-state index contributed by atoms with van der Waals surface area (Å²) < 4.78 is 58.3. The molecule has 0 saturated carbocycles. The molecule has 2 atom stereocenters. The van der Waals surface area contributed by atoms with Crippen molar-refractivity contribution in [3.63, 3.8) is 0 Å². The van der Waals surface area contributed by atoms with E-state index in [0.717, 1.165) is 6.07 Å². The number of hydrogen-bond acceptors (Lipinski definition) is 4. The van der Waals surface area contributed by atoms with Gasteiger partial charge < -0.3 is 9.29 Å². The van der Waals surface area contributed by atoms with Crippen LogP contribution in [0.5, 0.6) is 0 Å². The number of rotatable bonds is 5. The molecule has 1 N–H and O–H groups in total. The van der Waals surface area contributed by atoms with E-state index < -0.39 is 39.9 Å². The van der Waals surface area contributed by atoms with Crippen LogP contribution in [0.2, 0.25) is 0 Å². The number of carbonyl (C=O) groups excluding carboxylic acids is 1. The summed E-state index contributed by atoms with van der Waals surface area (Å²) in [5, 5.41) is 0. The third-order valence-corrected chi connectivity index (χ3v) is 4.98. The molecule has 0 aliphatic rings. The summed E-state index contributed by atoms with van der Waals surface area (Å²) in [5.74, 6) is -0.604. The zero-order chi connectivity index (χ0) is 18.7. The molecular formula is C16H22F3NO3S. The van der Waals surface area contributed by atoms with Gasteiger partial charge in [-0.05, 0) is 44.9 Å². The molecule has 1 aromatic carbocycles. The van der Waals surface area contributed by atoms with Crippen molar-refractivity contribution >= 4 is 17.3 Å². The van der Waals surface area contributed by atoms with E-state index in [-0.39, 0.29) is 17.5 Å². The predicted molar refractivity (Wildman–Crippen MR) is 86.6 cm³/mol. The van der Waals surface area contributed by atoms with Gasteiger partial charge in [-0.3, -0.25) is 4.79 Å². The van der Waals surface area contributed by atoms with Crippen LogP contribution in [0.4, 0.5) is 13.2 Å². The molecule has 0 radical (unpaired) electrons. The molecular weight excluding hydrogens is 343 g/mol. The number of ether oxygens (including phenoxy) is 1. The number of aryl methyl sites for hydroxylation is 1. The summed E-state index contributed by atoms with van der Waals surface area (Å²) in [6.07, 6.45) is -4.72. The zero-order valence-corrected chi connectivity index (χ0v) is 15.1. The molecule has 24 heavy (non-hydrogen) atoms. The summed E-state index contributed by atoms with van der Waals surface area (Å²) in [6, 6.07) is 2.96.